The summed E-state index contributed by atoms with van der Waals surface area (Å²) >= 11 is 3.37. The molecule has 0 aliphatic carbocycles. The van der Waals surface area contributed by atoms with Crippen molar-refractivity contribution >= 4 is 28.3 Å². The Kier molecular flexibility index (Phi) is 3.96. The van der Waals surface area contributed by atoms with Crippen molar-refractivity contribution in [3.8, 4) is 5.88 Å². The van der Waals surface area contributed by atoms with Gasteiger partial charge in [0.05, 0.1) is 4.47 Å². The van der Waals surface area contributed by atoms with Crippen LogP contribution in [0.4, 0.5) is 0 Å². The third-order valence-electron chi connectivity index (χ3n) is 1.75. The van der Waals surface area contributed by atoms with Crippen LogP contribution in [0.25, 0.3) is 0 Å². The molecule has 5 heteroatoms. The zero-order valence-electron chi connectivity index (χ0n) is 6.87. The first-order valence-corrected chi connectivity index (χ1v) is 4.63. The largest absolute Gasteiger partial charge is 0.471 e. The molecule has 0 radical (unpaired) electrons. The highest BCUT2D eigenvalue weighted by Crippen LogP contribution is 2.22. The van der Waals surface area contributed by atoms with Crippen LogP contribution in [0.3, 0.4) is 0 Å². The number of ether oxygens (including phenoxy) is 1. The van der Waals surface area contributed by atoms with Gasteiger partial charge in [0.15, 0.2) is 0 Å². The Bertz CT molecular complexity index is 281. The second kappa shape index (κ2) is 4.79. The summed E-state index contributed by atoms with van der Waals surface area (Å²) in [6.07, 6.45) is 2.02. The predicted octanol–water partition coefficient (Wildman–Crippen LogP) is 1.62. The molecule has 1 fully saturated rings. The van der Waals surface area contributed by atoms with Gasteiger partial charge in [0, 0.05) is 19.3 Å². The van der Waals surface area contributed by atoms with E-state index in [-0.39, 0.29) is 18.5 Å². The van der Waals surface area contributed by atoms with Crippen molar-refractivity contribution in [3.05, 3.63) is 22.8 Å². The topological polar surface area (TPSA) is 34.1 Å². The molecule has 1 N–H and O–H groups in total. The average molecular weight is 266 g/mol. The molecule has 0 amide bonds. The number of hydrogen-bond acceptors (Lipinski definition) is 3. The van der Waals surface area contributed by atoms with Gasteiger partial charge in [0.2, 0.25) is 5.88 Å². The van der Waals surface area contributed by atoms with Gasteiger partial charge >= 0.3 is 0 Å². The van der Waals surface area contributed by atoms with E-state index in [1.54, 1.807) is 6.20 Å². The van der Waals surface area contributed by atoms with Crippen molar-refractivity contribution in [1.82, 2.24) is 10.3 Å². The summed E-state index contributed by atoms with van der Waals surface area (Å²) in [7, 11) is 0. The standard InChI is InChI=1S/C8H9BrN2O.ClH/c9-7-2-1-3-11-8(7)12-6-4-10-5-6;/h1-3,6,10H,4-5H2;1H. The van der Waals surface area contributed by atoms with Crippen LogP contribution in [0.15, 0.2) is 22.8 Å². The molecule has 0 saturated carbocycles. The number of aromatic nitrogens is 1. The Morgan fingerprint density at radius 1 is 1.54 bits per heavy atom. The lowest BCUT2D eigenvalue weighted by Crippen LogP contribution is -2.50. The molecular weight excluding hydrogens is 255 g/mol. The number of hydrogen-bond donors (Lipinski definition) is 1. The smallest absolute Gasteiger partial charge is 0.228 e. The van der Waals surface area contributed by atoms with Crippen LogP contribution in [-0.2, 0) is 0 Å². The molecule has 0 spiro atoms. The second-order valence-electron chi connectivity index (χ2n) is 2.69. The zero-order chi connectivity index (χ0) is 8.39. The van der Waals surface area contributed by atoms with Gasteiger partial charge < -0.3 is 10.1 Å². The number of rotatable bonds is 2. The van der Waals surface area contributed by atoms with E-state index in [4.69, 9.17) is 4.74 Å². The third kappa shape index (κ3) is 2.56. The van der Waals surface area contributed by atoms with Crippen molar-refractivity contribution in [1.29, 1.82) is 0 Å². The second-order valence-corrected chi connectivity index (χ2v) is 3.54. The molecule has 72 valence electrons. The first-order valence-electron chi connectivity index (χ1n) is 3.84. The molecule has 0 atom stereocenters. The Morgan fingerprint density at radius 3 is 2.85 bits per heavy atom. The molecule has 13 heavy (non-hydrogen) atoms. The van der Waals surface area contributed by atoms with Crippen LogP contribution in [-0.4, -0.2) is 24.2 Å². The van der Waals surface area contributed by atoms with Crippen molar-refractivity contribution in [2.24, 2.45) is 0 Å². The Hall–Kier alpha value is -0.320. The summed E-state index contributed by atoms with van der Waals surface area (Å²) in [6, 6.07) is 3.80. The number of pyridine rings is 1. The normalized spacial score (nSPS) is 15.8. The van der Waals surface area contributed by atoms with Crippen molar-refractivity contribution in [3.63, 3.8) is 0 Å². The Morgan fingerprint density at radius 2 is 2.31 bits per heavy atom. The summed E-state index contributed by atoms with van der Waals surface area (Å²) in [4.78, 5) is 4.10. The highest BCUT2D eigenvalue weighted by molar-refractivity contribution is 9.10. The minimum absolute atomic E-state index is 0. The minimum Gasteiger partial charge on any atom is -0.471 e. The molecule has 0 bridgehead atoms. The fraction of sp³-hybridized carbons (Fsp3) is 0.375. The molecule has 3 nitrogen and oxygen atoms in total. The average Bonchev–Trinajstić information content (AvgIpc) is 2.00. The van der Waals surface area contributed by atoms with Crippen LogP contribution in [0.1, 0.15) is 0 Å². The van der Waals surface area contributed by atoms with Gasteiger partial charge in [-0.3, -0.25) is 0 Å². The molecule has 1 saturated heterocycles. The molecule has 2 rings (SSSR count). The van der Waals surface area contributed by atoms with Gasteiger partial charge in [-0.25, -0.2) is 4.98 Å². The summed E-state index contributed by atoms with van der Waals surface area (Å²) in [6.45, 7) is 1.84. The summed E-state index contributed by atoms with van der Waals surface area (Å²) < 4.78 is 6.47. The lowest BCUT2D eigenvalue weighted by molar-refractivity contribution is 0.135. The lowest BCUT2D eigenvalue weighted by Gasteiger charge is -2.27. The molecule has 1 aromatic rings. The van der Waals surface area contributed by atoms with Crippen molar-refractivity contribution < 1.29 is 4.74 Å². The predicted molar refractivity (Wildman–Crippen MR) is 56.5 cm³/mol. The third-order valence-corrected chi connectivity index (χ3v) is 2.35. The fourth-order valence-corrected chi connectivity index (χ4v) is 1.31. The van der Waals surface area contributed by atoms with E-state index in [0.717, 1.165) is 17.6 Å². The van der Waals surface area contributed by atoms with Gasteiger partial charge in [-0.05, 0) is 28.1 Å². The van der Waals surface area contributed by atoms with E-state index in [9.17, 15) is 0 Å². The first-order chi connectivity index (χ1) is 5.86. The van der Waals surface area contributed by atoms with Crippen LogP contribution >= 0.6 is 28.3 Å². The quantitative estimate of drug-likeness (QED) is 0.882. The minimum atomic E-state index is 0. The van der Waals surface area contributed by atoms with E-state index in [1.165, 1.54) is 0 Å². The summed E-state index contributed by atoms with van der Waals surface area (Å²) in [5.41, 5.74) is 0. The van der Waals surface area contributed by atoms with Crippen LogP contribution in [0.5, 0.6) is 5.88 Å². The Balaban J connectivity index is 0.000000845. The van der Waals surface area contributed by atoms with Crippen molar-refractivity contribution in [2.45, 2.75) is 6.10 Å². The van der Waals surface area contributed by atoms with Gasteiger partial charge in [0.25, 0.3) is 0 Å². The maximum atomic E-state index is 5.56. The van der Waals surface area contributed by atoms with Gasteiger partial charge in [-0.15, -0.1) is 12.4 Å². The monoisotopic (exact) mass is 264 g/mol. The van der Waals surface area contributed by atoms with Gasteiger partial charge in [-0.1, -0.05) is 0 Å². The van der Waals surface area contributed by atoms with E-state index in [1.807, 2.05) is 12.1 Å². The first kappa shape index (κ1) is 10.8. The SMILES string of the molecule is Brc1cccnc1OC1CNC1.Cl. The molecule has 0 aromatic carbocycles. The van der Waals surface area contributed by atoms with E-state index >= 15 is 0 Å². The number of nitrogens with zero attached hydrogens (tertiary/aromatic N) is 1. The fourth-order valence-electron chi connectivity index (χ4n) is 0.961. The zero-order valence-corrected chi connectivity index (χ0v) is 9.27. The molecule has 1 aliphatic heterocycles. The van der Waals surface area contributed by atoms with Gasteiger partial charge in [-0.2, -0.15) is 0 Å². The van der Waals surface area contributed by atoms with E-state index in [2.05, 4.69) is 26.2 Å². The van der Waals surface area contributed by atoms with Crippen molar-refractivity contribution in [2.75, 3.05) is 13.1 Å². The lowest BCUT2D eigenvalue weighted by atomic mass is 10.2. The number of halogens is 2. The van der Waals surface area contributed by atoms with Gasteiger partial charge in [0.1, 0.15) is 6.10 Å². The molecule has 0 unspecified atom stereocenters. The maximum absolute atomic E-state index is 5.56. The number of nitrogens with one attached hydrogen (secondary N) is 1. The summed E-state index contributed by atoms with van der Waals surface area (Å²) in [5, 5.41) is 3.13. The Labute approximate surface area is 91.4 Å². The highest BCUT2D eigenvalue weighted by Gasteiger charge is 2.19. The van der Waals surface area contributed by atoms with Crippen LogP contribution in [0, 0.1) is 0 Å². The van der Waals surface area contributed by atoms with Crippen LogP contribution < -0.4 is 10.1 Å². The highest BCUT2D eigenvalue weighted by atomic mass is 79.9. The molecular formula is C8H10BrClN2O. The van der Waals surface area contributed by atoms with E-state index in [0.29, 0.717) is 5.88 Å². The summed E-state index contributed by atoms with van der Waals surface area (Å²) in [5.74, 6) is 0.684. The van der Waals surface area contributed by atoms with E-state index < -0.39 is 0 Å². The van der Waals surface area contributed by atoms with Crippen LogP contribution in [0.2, 0.25) is 0 Å². The maximum Gasteiger partial charge on any atom is 0.228 e. The molecule has 1 aliphatic rings. The molecule has 1 aromatic heterocycles. The molecule has 2 heterocycles.